The van der Waals surface area contributed by atoms with Crippen molar-refractivity contribution in [2.75, 3.05) is 10.6 Å². The van der Waals surface area contributed by atoms with Crippen LogP contribution in [0.2, 0.25) is 5.02 Å². The highest BCUT2D eigenvalue weighted by molar-refractivity contribution is 6.30. The molecule has 7 heteroatoms. The second-order valence-electron chi connectivity index (χ2n) is 7.84. The van der Waals surface area contributed by atoms with Gasteiger partial charge in [-0.25, -0.2) is 4.68 Å². The Morgan fingerprint density at radius 3 is 1.73 bits per heavy atom. The monoisotopic (exact) mass is 458 g/mol. The van der Waals surface area contributed by atoms with Gasteiger partial charge in [0.2, 0.25) is 0 Å². The quantitative estimate of drug-likeness (QED) is 0.387. The van der Waals surface area contributed by atoms with Crippen molar-refractivity contribution < 1.29 is 9.59 Å². The van der Waals surface area contributed by atoms with Crippen LogP contribution in [0.4, 0.5) is 11.4 Å². The molecule has 33 heavy (non-hydrogen) atoms. The van der Waals surface area contributed by atoms with Crippen molar-refractivity contribution >= 4 is 34.8 Å². The molecule has 0 aliphatic rings. The number of nitrogens with one attached hydrogen (secondary N) is 2. The molecule has 3 aromatic carbocycles. The van der Waals surface area contributed by atoms with Gasteiger partial charge in [-0.1, -0.05) is 47.0 Å². The van der Waals surface area contributed by atoms with E-state index in [0.717, 1.165) is 11.1 Å². The Kier molecular flexibility index (Phi) is 6.29. The van der Waals surface area contributed by atoms with E-state index in [1.807, 2.05) is 62.4 Å². The van der Waals surface area contributed by atoms with Crippen LogP contribution in [0.5, 0.6) is 0 Å². The van der Waals surface area contributed by atoms with Gasteiger partial charge in [-0.05, 0) is 69.3 Å². The van der Waals surface area contributed by atoms with Gasteiger partial charge in [-0.15, -0.1) is 0 Å². The number of amides is 2. The van der Waals surface area contributed by atoms with Crippen molar-refractivity contribution in [2.24, 2.45) is 0 Å². The van der Waals surface area contributed by atoms with Crippen LogP contribution < -0.4 is 10.6 Å². The Labute approximate surface area is 197 Å². The molecule has 1 heterocycles. The summed E-state index contributed by atoms with van der Waals surface area (Å²) in [6.07, 6.45) is 0. The van der Waals surface area contributed by atoms with Crippen LogP contribution in [0.15, 0.2) is 72.8 Å². The van der Waals surface area contributed by atoms with E-state index in [1.165, 1.54) is 0 Å². The molecule has 0 radical (unpaired) electrons. The summed E-state index contributed by atoms with van der Waals surface area (Å²) in [5.41, 5.74) is 4.88. The zero-order valence-electron chi connectivity index (χ0n) is 18.5. The van der Waals surface area contributed by atoms with Crippen LogP contribution in [0.1, 0.15) is 37.7 Å². The second-order valence-corrected chi connectivity index (χ2v) is 8.27. The predicted octanol–water partition coefficient (Wildman–Crippen LogP) is 5.96. The zero-order chi connectivity index (χ0) is 23.5. The Morgan fingerprint density at radius 2 is 1.21 bits per heavy atom. The number of nitrogens with zero attached hydrogens (tertiary/aromatic N) is 2. The van der Waals surface area contributed by atoms with E-state index < -0.39 is 11.8 Å². The first-order chi connectivity index (χ1) is 15.8. The van der Waals surface area contributed by atoms with E-state index in [4.69, 9.17) is 11.6 Å². The first-order valence-electron chi connectivity index (χ1n) is 10.4. The molecule has 0 aliphatic carbocycles. The van der Waals surface area contributed by atoms with E-state index in [-0.39, 0.29) is 11.3 Å². The van der Waals surface area contributed by atoms with E-state index in [2.05, 4.69) is 15.7 Å². The summed E-state index contributed by atoms with van der Waals surface area (Å²) < 4.78 is 1.57. The van der Waals surface area contributed by atoms with Crippen LogP contribution in [0, 0.1) is 20.8 Å². The lowest BCUT2D eigenvalue weighted by atomic mass is 10.1. The fraction of sp³-hybridized carbons (Fsp3) is 0.115. The maximum absolute atomic E-state index is 13.3. The molecule has 0 fully saturated rings. The van der Waals surface area contributed by atoms with Crippen LogP contribution in [-0.2, 0) is 0 Å². The van der Waals surface area contributed by atoms with Crippen molar-refractivity contribution in [3.8, 4) is 5.69 Å². The minimum absolute atomic E-state index is 0.0348. The number of aryl methyl sites for hydroxylation is 2. The van der Waals surface area contributed by atoms with Gasteiger partial charge in [0, 0.05) is 16.4 Å². The minimum Gasteiger partial charge on any atom is -0.322 e. The lowest BCUT2D eigenvalue weighted by Crippen LogP contribution is -2.20. The van der Waals surface area contributed by atoms with Crippen molar-refractivity contribution in [1.29, 1.82) is 0 Å². The molecule has 0 atom stereocenters. The van der Waals surface area contributed by atoms with Gasteiger partial charge in [0.25, 0.3) is 11.8 Å². The molecule has 6 nitrogen and oxygen atoms in total. The highest BCUT2D eigenvalue weighted by Gasteiger charge is 2.27. The minimum atomic E-state index is -0.469. The van der Waals surface area contributed by atoms with E-state index >= 15 is 0 Å². The maximum atomic E-state index is 13.3. The number of carbonyl (C=O) groups excluding carboxylic acids is 2. The number of anilines is 2. The summed E-state index contributed by atoms with van der Waals surface area (Å²) in [7, 11) is 0. The van der Waals surface area contributed by atoms with E-state index in [0.29, 0.717) is 27.8 Å². The summed E-state index contributed by atoms with van der Waals surface area (Å²) in [4.78, 5) is 26.5. The molecule has 4 rings (SSSR count). The van der Waals surface area contributed by atoms with Crippen molar-refractivity contribution in [3.05, 3.63) is 106 Å². The van der Waals surface area contributed by atoms with Crippen molar-refractivity contribution in [3.63, 3.8) is 0 Å². The fourth-order valence-corrected chi connectivity index (χ4v) is 3.55. The molecule has 0 unspecified atom stereocenters. The molecule has 4 aromatic rings. The third-order valence-corrected chi connectivity index (χ3v) is 5.50. The topological polar surface area (TPSA) is 76.0 Å². The lowest BCUT2D eigenvalue weighted by molar-refractivity contribution is 0.0988. The van der Waals surface area contributed by atoms with Crippen LogP contribution >= 0.6 is 11.6 Å². The summed E-state index contributed by atoms with van der Waals surface area (Å²) in [5.74, 6) is -0.880. The van der Waals surface area contributed by atoms with Crippen molar-refractivity contribution in [1.82, 2.24) is 9.78 Å². The van der Waals surface area contributed by atoms with Gasteiger partial charge in [-0.2, -0.15) is 5.10 Å². The largest absolute Gasteiger partial charge is 0.322 e. The highest BCUT2D eigenvalue weighted by atomic mass is 35.5. The first kappa shape index (κ1) is 22.3. The molecule has 2 N–H and O–H groups in total. The molecule has 166 valence electrons. The van der Waals surface area contributed by atoms with Gasteiger partial charge in [0.05, 0.1) is 16.9 Å². The highest BCUT2D eigenvalue weighted by Crippen LogP contribution is 2.23. The number of carbonyl (C=O) groups is 2. The Bertz CT molecular complexity index is 1310. The molecule has 1 aromatic heterocycles. The first-order valence-corrected chi connectivity index (χ1v) is 10.8. The molecule has 0 saturated carbocycles. The zero-order valence-corrected chi connectivity index (χ0v) is 19.3. The third kappa shape index (κ3) is 4.96. The second kappa shape index (κ2) is 9.30. The SMILES string of the molecule is Cc1ccc(NC(=O)c2nn(-c3ccc(Cl)cc3)c(C)c2C(=O)Nc2ccc(C)cc2)cc1. The average molecular weight is 459 g/mol. The number of hydrogen-bond donors (Lipinski definition) is 2. The average Bonchev–Trinajstić information content (AvgIpc) is 3.15. The molecule has 0 saturated heterocycles. The fourth-order valence-electron chi connectivity index (χ4n) is 3.42. The molecule has 0 aliphatic heterocycles. The number of aromatic nitrogens is 2. The Morgan fingerprint density at radius 1 is 0.727 bits per heavy atom. The third-order valence-electron chi connectivity index (χ3n) is 5.25. The predicted molar refractivity (Wildman–Crippen MR) is 132 cm³/mol. The number of benzene rings is 3. The smallest absolute Gasteiger partial charge is 0.277 e. The summed E-state index contributed by atoms with van der Waals surface area (Å²) in [6.45, 7) is 5.70. The number of hydrogen-bond acceptors (Lipinski definition) is 3. The standard InChI is InChI=1S/C26H23ClN4O2/c1-16-4-10-20(11-5-16)28-25(32)23-18(3)31(22-14-8-19(27)9-15-22)30-24(23)26(33)29-21-12-6-17(2)7-13-21/h4-15H,1-3H3,(H,28,32)(H,29,33). The molecular weight excluding hydrogens is 436 g/mol. The lowest BCUT2D eigenvalue weighted by Gasteiger charge is -2.08. The van der Waals surface area contributed by atoms with Gasteiger partial charge in [-0.3, -0.25) is 9.59 Å². The normalized spacial score (nSPS) is 10.7. The number of rotatable bonds is 5. The Balaban J connectivity index is 1.74. The maximum Gasteiger partial charge on any atom is 0.277 e. The van der Waals surface area contributed by atoms with Crippen molar-refractivity contribution in [2.45, 2.75) is 20.8 Å². The number of halogens is 1. The van der Waals surface area contributed by atoms with E-state index in [1.54, 1.807) is 35.9 Å². The summed E-state index contributed by atoms with van der Waals surface area (Å²) in [5, 5.41) is 10.8. The van der Waals surface area contributed by atoms with Crippen LogP contribution in [0.3, 0.4) is 0 Å². The van der Waals surface area contributed by atoms with Crippen LogP contribution in [-0.4, -0.2) is 21.6 Å². The van der Waals surface area contributed by atoms with Gasteiger partial charge >= 0.3 is 0 Å². The molecule has 0 spiro atoms. The van der Waals surface area contributed by atoms with E-state index in [9.17, 15) is 9.59 Å². The summed E-state index contributed by atoms with van der Waals surface area (Å²) >= 11 is 6.02. The molecular formula is C26H23ClN4O2. The van der Waals surface area contributed by atoms with Gasteiger partial charge < -0.3 is 10.6 Å². The molecule has 2 amide bonds. The van der Waals surface area contributed by atoms with Gasteiger partial charge in [0.15, 0.2) is 5.69 Å². The Hall–Kier alpha value is -3.90. The van der Waals surface area contributed by atoms with Gasteiger partial charge in [0.1, 0.15) is 0 Å². The van der Waals surface area contributed by atoms with Crippen LogP contribution in [0.25, 0.3) is 5.69 Å². The molecule has 0 bridgehead atoms. The summed E-state index contributed by atoms with van der Waals surface area (Å²) in [6, 6.07) is 21.9.